The van der Waals surface area contributed by atoms with E-state index in [1.165, 1.54) is 71.9 Å². The van der Waals surface area contributed by atoms with Crippen molar-refractivity contribution in [2.24, 2.45) is 0 Å². The zero-order valence-corrected chi connectivity index (χ0v) is 56.1. The molecule has 6 heteroatoms. The third kappa shape index (κ3) is 12.2. The molecule has 0 unspecified atom stereocenters. The van der Waals surface area contributed by atoms with Gasteiger partial charge in [-0.25, -0.2) is 0 Å². The summed E-state index contributed by atoms with van der Waals surface area (Å²) in [5, 5.41) is 78.9. The second kappa shape index (κ2) is 24.9. The first-order valence-electron chi connectivity index (χ1n) is 36.3. The van der Waals surface area contributed by atoms with Gasteiger partial charge in [-0.3, -0.25) is 0 Å². The number of rotatable bonds is 6. The molecule has 90 heavy (non-hydrogen) atoms. The topological polar surface area (TPSA) is 121 Å². The fraction of sp³-hybridized carbons (Fsp3) is 0.571. The molecule has 0 atom stereocenters. The molecule has 6 aromatic rings. The molecule has 6 fully saturated rings. The second-order valence-electron chi connectivity index (χ2n) is 32.6. The van der Waals surface area contributed by atoms with Crippen LogP contribution in [0.2, 0.25) is 0 Å². The van der Waals surface area contributed by atoms with Crippen molar-refractivity contribution in [1.29, 1.82) is 0 Å². The number of hydrogen-bond acceptors (Lipinski definition) is 6. The van der Waals surface area contributed by atoms with Crippen molar-refractivity contribution in [1.82, 2.24) is 0 Å². The van der Waals surface area contributed by atoms with E-state index in [0.717, 1.165) is 221 Å². The van der Waals surface area contributed by atoms with E-state index in [1.807, 2.05) is 0 Å². The average Bonchev–Trinajstić information content (AvgIpc) is 0.840. The molecule has 0 aromatic heterocycles. The highest BCUT2D eigenvalue weighted by atomic mass is 16.3. The van der Waals surface area contributed by atoms with Gasteiger partial charge in [0.25, 0.3) is 0 Å². The first-order valence-corrected chi connectivity index (χ1v) is 36.3. The van der Waals surface area contributed by atoms with Crippen LogP contribution in [-0.2, 0) is 71.0 Å². The van der Waals surface area contributed by atoms with E-state index in [1.54, 1.807) is 0 Å². The minimum Gasteiger partial charge on any atom is -0.507 e. The highest BCUT2D eigenvalue weighted by Gasteiger charge is 2.38. The molecule has 0 radical (unpaired) electrons. The fourth-order valence-corrected chi connectivity index (χ4v) is 19.2. The van der Waals surface area contributed by atoms with Crippen molar-refractivity contribution in [3.8, 4) is 34.5 Å². The Morgan fingerprint density at radius 3 is 0.378 bits per heavy atom. The first-order chi connectivity index (χ1) is 43.1. The Hall–Kier alpha value is -5.88. The maximum Gasteiger partial charge on any atom is 0.122 e. The summed E-state index contributed by atoms with van der Waals surface area (Å²) in [6.45, 7) is 14.4. The van der Waals surface area contributed by atoms with Crippen LogP contribution in [0.15, 0.2) is 72.8 Å². The molecule has 6 saturated carbocycles. The highest BCUT2D eigenvalue weighted by molar-refractivity contribution is 5.61. The lowest BCUT2D eigenvalue weighted by molar-refractivity contribution is 0.318. The quantitative estimate of drug-likeness (QED) is 0.0987. The highest BCUT2D eigenvalue weighted by Crippen LogP contribution is 2.52. The third-order valence-corrected chi connectivity index (χ3v) is 25.8. The summed E-state index contributed by atoms with van der Waals surface area (Å²) >= 11 is 0. The summed E-state index contributed by atoms with van der Waals surface area (Å²) in [5.41, 5.74) is 16.1. The Labute approximate surface area is 540 Å². The molecule has 6 N–H and O–H groups in total. The first kappa shape index (κ1) is 62.9. The van der Waals surface area contributed by atoms with Crippen LogP contribution >= 0.6 is 0 Å². The van der Waals surface area contributed by atoms with E-state index in [4.69, 9.17) is 0 Å². The maximum absolute atomic E-state index is 13.2. The van der Waals surface area contributed by atoms with E-state index in [0.29, 0.717) is 38.5 Å². The third-order valence-electron chi connectivity index (χ3n) is 25.8. The van der Waals surface area contributed by atoms with Crippen molar-refractivity contribution in [3.63, 3.8) is 0 Å². The van der Waals surface area contributed by atoms with Crippen LogP contribution in [0.1, 0.15) is 334 Å². The Balaban J connectivity index is 1.07. The number of benzene rings is 6. The fourth-order valence-electron chi connectivity index (χ4n) is 19.2. The van der Waals surface area contributed by atoms with Crippen molar-refractivity contribution in [2.75, 3.05) is 0 Å². The van der Waals surface area contributed by atoms with Crippen LogP contribution < -0.4 is 0 Å². The van der Waals surface area contributed by atoms with Gasteiger partial charge in [-0.1, -0.05) is 230 Å². The van der Waals surface area contributed by atoms with E-state index < -0.39 is 0 Å². The standard InChI is InChI=1S/C84H108O6/c1-79(25-13-7-14-26-79)67-43-55-37-57-45-68(80(2)27-15-8-16-28-80)47-59(74(57)86)39-61-49-70(82(4)31-19-10-20-32-82)51-63(76(61)88)41-65-53-72(84(6)35-23-12-24-36-84)54-66(78(65)90)42-64-52-71(83(5)33-21-11-22-34-83)50-62(77(64)89)40-60-48-69(81(3)29-17-9-18-30-81)46-58(75(60)87)38-56(44-67)73(55)85/h43-54,85-90H,7-42H2,1-6H3. The van der Waals surface area contributed by atoms with Crippen LogP contribution in [0, 0.1) is 0 Å². The number of fused-ring (bicyclic) bond motifs is 12. The van der Waals surface area contributed by atoms with Gasteiger partial charge in [0.2, 0.25) is 0 Å². The van der Waals surface area contributed by atoms with E-state index in [-0.39, 0.29) is 67.0 Å². The molecule has 7 aliphatic rings. The molecule has 0 saturated heterocycles. The summed E-state index contributed by atoms with van der Waals surface area (Å²) in [4.78, 5) is 0. The van der Waals surface area contributed by atoms with Gasteiger partial charge in [0.1, 0.15) is 34.5 Å². The molecular weight excluding hydrogens is 1100 g/mol. The molecule has 0 amide bonds. The van der Waals surface area contributed by atoms with Gasteiger partial charge in [-0.2, -0.15) is 0 Å². The summed E-state index contributed by atoms with van der Waals surface area (Å²) in [5.74, 6) is 1.31. The molecule has 6 nitrogen and oxygen atoms in total. The van der Waals surface area contributed by atoms with Gasteiger partial charge in [0.15, 0.2) is 0 Å². The normalized spacial score (nSPS) is 22.2. The van der Waals surface area contributed by atoms with Gasteiger partial charge >= 0.3 is 0 Å². The van der Waals surface area contributed by atoms with Crippen LogP contribution in [-0.4, -0.2) is 30.6 Å². The predicted octanol–water partition coefficient (Wildman–Crippen LogP) is 21.1. The molecule has 13 rings (SSSR count). The van der Waals surface area contributed by atoms with Gasteiger partial charge in [-0.15, -0.1) is 0 Å². The van der Waals surface area contributed by atoms with E-state index in [9.17, 15) is 30.6 Å². The van der Waals surface area contributed by atoms with Crippen LogP contribution in [0.5, 0.6) is 34.5 Å². The molecule has 480 valence electrons. The Morgan fingerprint density at radius 1 is 0.178 bits per heavy atom. The number of phenolic OH excluding ortho intramolecular Hbond substituents is 6. The molecule has 0 heterocycles. The van der Waals surface area contributed by atoms with Crippen LogP contribution in [0.25, 0.3) is 0 Å². The molecule has 0 aliphatic heterocycles. The minimum atomic E-state index is -0.107. The van der Waals surface area contributed by atoms with Crippen molar-refractivity contribution in [3.05, 3.63) is 173 Å². The van der Waals surface area contributed by atoms with Crippen LogP contribution in [0.3, 0.4) is 0 Å². The monoisotopic (exact) mass is 1210 g/mol. The van der Waals surface area contributed by atoms with Crippen molar-refractivity contribution in [2.45, 2.75) is 305 Å². The Morgan fingerprint density at radius 2 is 0.278 bits per heavy atom. The lowest BCUT2D eigenvalue weighted by atomic mass is 9.69. The van der Waals surface area contributed by atoms with Crippen LogP contribution in [0.4, 0.5) is 0 Å². The second-order valence-corrected chi connectivity index (χ2v) is 32.6. The SMILES string of the molecule is CC1(c2cc3c(O)c(c2)Cc2cc(C4(C)CCCCC4)cc(c2O)Cc2cc(C4(C)CCCCC4)cc(c2O)Cc2cc(C4(C)CCCCC4)cc(c2O)Cc2cc(C4(C)CCCCC4)cc(c2O)Cc2cc(C4(C)CCCCC4)cc(c2O)C3)CCCCC1. The largest absolute Gasteiger partial charge is 0.507 e. The molecule has 7 aliphatic carbocycles. The number of phenols is 6. The van der Waals surface area contributed by atoms with Crippen molar-refractivity contribution < 1.29 is 30.6 Å². The average molecular weight is 1210 g/mol. The Kier molecular flexibility index (Phi) is 17.4. The zero-order valence-electron chi connectivity index (χ0n) is 56.1. The summed E-state index contributed by atoms with van der Waals surface area (Å²) in [7, 11) is 0. The summed E-state index contributed by atoms with van der Waals surface area (Å²) in [6.07, 6.45) is 35.7. The Bertz CT molecular complexity index is 2880. The van der Waals surface area contributed by atoms with Gasteiger partial charge < -0.3 is 30.6 Å². The lowest BCUT2D eigenvalue weighted by Gasteiger charge is -2.36. The molecular formula is C84H108O6. The number of hydrogen-bond donors (Lipinski definition) is 6. The van der Waals surface area contributed by atoms with Crippen molar-refractivity contribution >= 4 is 0 Å². The molecule has 0 spiro atoms. The molecule has 12 bridgehead atoms. The van der Waals surface area contributed by atoms with E-state index >= 15 is 0 Å². The summed E-state index contributed by atoms with van der Waals surface area (Å²) < 4.78 is 0. The smallest absolute Gasteiger partial charge is 0.122 e. The summed E-state index contributed by atoms with van der Waals surface area (Å²) in [6, 6.07) is 27.0. The molecule has 6 aromatic carbocycles. The van der Waals surface area contributed by atoms with E-state index in [2.05, 4.69) is 114 Å². The zero-order chi connectivity index (χ0) is 62.8. The van der Waals surface area contributed by atoms with Gasteiger partial charge in [0, 0.05) is 38.5 Å². The van der Waals surface area contributed by atoms with Gasteiger partial charge in [-0.05, 0) is 210 Å². The number of aromatic hydroxyl groups is 6. The maximum atomic E-state index is 13.2. The minimum absolute atomic E-state index is 0.107. The lowest BCUT2D eigenvalue weighted by Crippen LogP contribution is -2.26. The van der Waals surface area contributed by atoms with Gasteiger partial charge in [0.05, 0.1) is 0 Å². The predicted molar refractivity (Wildman–Crippen MR) is 368 cm³/mol.